The Bertz CT molecular complexity index is 462. The maximum Gasteiger partial charge on any atom is 0.237 e. The molecule has 1 atom stereocenters. The van der Waals surface area contributed by atoms with Gasteiger partial charge in [0.1, 0.15) is 0 Å². The Morgan fingerprint density at radius 1 is 1.33 bits per heavy atom. The van der Waals surface area contributed by atoms with E-state index in [1.165, 1.54) is 6.07 Å². The van der Waals surface area contributed by atoms with E-state index in [2.05, 4.69) is 5.32 Å². The molecule has 6 heteroatoms. The highest BCUT2D eigenvalue weighted by Crippen LogP contribution is 2.21. The van der Waals surface area contributed by atoms with Crippen molar-refractivity contribution in [2.45, 2.75) is 38.6 Å². The van der Waals surface area contributed by atoms with Gasteiger partial charge in [-0.25, -0.2) is 8.78 Å². The molecule has 118 valence electrons. The number of amides is 1. The summed E-state index contributed by atoms with van der Waals surface area (Å²) in [6.07, 6.45) is 1.77. The van der Waals surface area contributed by atoms with Crippen molar-refractivity contribution in [3.63, 3.8) is 0 Å². The normalized spacial score (nSPS) is 13.7. The molecule has 0 spiro atoms. The Kier molecular flexibility index (Phi) is 6.55. The smallest absolute Gasteiger partial charge is 0.237 e. The summed E-state index contributed by atoms with van der Waals surface area (Å²) < 4.78 is 31.8. The summed E-state index contributed by atoms with van der Waals surface area (Å²) in [4.78, 5) is 11.4. The number of nitrogens with one attached hydrogen (secondary N) is 1. The number of para-hydroxylation sites is 1. The van der Waals surface area contributed by atoms with Crippen molar-refractivity contribution in [3.05, 3.63) is 29.8 Å². The number of rotatable bonds is 9. The number of ether oxygens (including phenoxy) is 1. The average Bonchev–Trinajstić information content (AvgIpc) is 2.41. The summed E-state index contributed by atoms with van der Waals surface area (Å²) in [6.45, 7) is 4.46. The number of carbonyl (C=O) groups excluding carboxylic acids is 1. The number of likely N-dealkylation sites (N-methyl/N-ethyl adjacent to an activating group) is 1. The number of carbonyl (C=O) groups is 1. The third-order valence-corrected chi connectivity index (χ3v) is 3.35. The molecule has 3 N–H and O–H groups in total. The van der Waals surface area contributed by atoms with Crippen LogP contribution in [0, 0.1) is 11.6 Å². The standard InChI is InChI=1S/C15H22F2N2O2/c1-3-19-15(2,14(18)20)9-4-5-10-21-13-11(16)7-6-8-12(13)17/h6-8,19H,3-5,9-10H2,1-2H3,(H2,18,20). The van der Waals surface area contributed by atoms with E-state index in [-0.39, 0.29) is 12.4 Å². The van der Waals surface area contributed by atoms with E-state index in [1.54, 1.807) is 6.92 Å². The van der Waals surface area contributed by atoms with Crippen LogP contribution in [0.25, 0.3) is 0 Å². The number of nitrogens with two attached hydrogens (primary N) is 1. The Hall–Kier alpha value is -1.69. The van der Waals surface area contributed by atoms with Crippen molar-refractivity contribution < 1.29 is 18.3 Å². The van der Waals surface area contributed by atoms with Crippen molar-refractivity contribution in [3.8, 4) is 5.75 Å². The Labute approximate surface area is 123 Å². The first-order valence-corrected chi connectivity index (χ1v) is 7.02. The lowest BCUT2D eigenvalue weighted by molar-refractivity contribution is -0.124. The van der Waals surface area contributed by atoms with Crippen LogP contribution in [-0.4, -0.2) is 24.6 Å². The molecule has 21 heavy (non-hydrogen) atoms. The van der Waals surface area contributed by atoms with Gasteiger partial charge in [-0.05, 0) is 44.9 Å². The Morgan fingerprint density at radius 2 is 1.95 bits per heavy atom. The number of primary amides is 1. The molecule has 0 radical (unpaired) electrons. The third kappa shape index (κ3) is 4.97. The van der Waals surface area contributed by atoms with Gasteiger partial charge in [0.05, 0.1) is 12.1 Å². The first kappa shape index (κ1) is 17.4. The molecule has 0 aliphatic carbocycles. The van der Waals surface area contributed by atoms with Crippen molar-refractivity contribution >= 4 is 5.91 Å². The summed E-state index contributed by atoms with van der Waals surface area (Å²) >= 11 is 0. The molecule has 1 aromatic rings. The highest BCUT2D eigenvalue weighted by molar-refractivity contribution is 5.84. The summed E-state index contributed by atoms with van der Waals surface area (Å²) in [7, 11) is 0. The molecule has 0 aliphatic heterocycles. The molecule has 0 saturated carbocycles. The maximum atomic E-state index is 13.3. The van der Waals surface area contributed by atoms with Gasteiger partial charge in [0.2, 0.25) is 5.91 Å². The van der Waals surface area contributed by atoms with Crippen LogP contribution in [0.15, 0.2) is 18.2 Å². The lowest BCUT2D eigenvalue weighted by atomic mass is 9.94. The zero-order valence-corrected chi connectivity index (χ0v) is 12.4. The topological polar surface area (TPSA) is 64.3 Å². The number of halogens is 2. The van der Waals surface area contributed by atoms with Gasteiger partial charge in [0.25, 0.3) is 0 Å². The van der Waals surface area contributed by atoms with E-state index in [0.717, 1.165) is 12.1 Å². The monoisotopic (exact) mass is 300 g/mol. The maximum absolute atomic E-state index is 13.3. The highest BCUT2D eigenvalue weighted by atomic mass is 19.1. The fraction of sp³-hybridized carbons (Fsp3) is 0.533. The van der Waals surface area contributed by atoms with Crippen LogP contribution < -0.4 is 15.8 Å². The van der Waals surface area contributed by atoms with Crippen molar-refractivity contribution in [1.29, 1.82) is 0 Å². The van der Waals surface area contributed by atoms with E-state index < -0.39 is 23.1 Å². The second-order valence-corrected chi connectivity index (χ2v) is 5.08. The van der Waals surface area contributed by atoms with Crippen LogP contribution in [0.2, 0.25) is 0 Å². The third-order valence-electron chi connectivity index (χ3n) is 3.35. The molecule has 4 nitrogen and oxygen atoms in total. The molecule has 1 amide bonds. The van der Waals surface area contributed by atoms with E-state index in [9.17, 15) is 13.6 Å². The molecule has 0 aliphatic rings. The number of hydrogen-bond acceptors (Lipinski definition) is 3. The lowest BCUT2D eigenvalue weighted by Crippen LogP contribution is -2.53. The number of unbranched alkanes of at least 4 members (excludes halogenated alkanes) is 1. The van der Waals surface area contributed by atoms with Gasteiger partial charge in [-0.2, -0.15) is 0 Å². The average molecular weight is 300 g/mol. The molecule has 1 aromatic carbocycles. The van der Waals surface area contributed by atoms with E-state index >= 15 is 0 Å². The summed E-state index contributed by atoms with van der Waals surface area (Å²) in [5.74, 6) is -2.21. The zero-order valence-electron chi connectivity index (χ0n) is 12.4. The fourth-order valence-electron chi connectivity index (χ4n) is 2.06. The fourth-order valence-corrected chi connectivity index (χ4v) is 2.06. The van der Waals surface area contributed by atoms with Crippen LogP contribution in [0.5, 0.6) is 5.75 Å². The summed E-state index contributed by atoms with van der Waals surface area (Å²) in [5, 5.41) is 3.05. The number of hydrogen-bond donors (Lipinski definition) is 2. The first-order chi connectivity index (χ1) is 9.90. The summed E-state index contributed by atoms with van der Waals surface area (Å²) in [5.41, 5.74) is 4.60. The predicted molar refractivity (Wildman–Crippen MR) is 77.0 cm³/mol. The van der Waals surface area contributed by atoms with E-state index in [0.29, 0.717) is 25.8 Å². The van der Waals surface area contributed by atoms with Crippen molar-refractivity contribution in [2.75, 3.05) is 13.2 Å². The SMILES string of the molecule is CCNC(C)(CCCCOc1c(F)cccc1F)C(N)=O. The minimum absolute atomic E-state index is 0.179. The van der Waals surface area contributed by atoms with Gasteiger partial charge < -0.3 is 15.8 Å². The molecule has 0 bridgehead atoms. The second kappa shape index (κ2) is 7.93. The van der Waals surface area contributed by atoms with Crippen LogP contribution in [-0.2, 0) is 4.79 Å². The van der Waals surface area contributed by atoms with Gasteiger partial charge in [0.15, 0.2) is 17.4 Å². The Morgan fingerprint density at radius 3 is 2.48 bits per heavy atom. The highest BCUT2D eigenvalue weighted by Gasteiger charge is 2.28. The zero-order chi connectivity index (χ0) is 15.9. The minimum atomic E-state index is -0.766. The quantitative estimate of drug-likeness (QED) is 0.688. The van der Waals surface area contributed by atoms with Crippen molar-refractivity contribution in [2.24, 2.45) is 5.73 Å². The second-order valence-electron chi connectivity index (χ2n) is 5.08. The Balaban J connectivity index is 2.39. The van der Waals surface area contributed by atoms with Crippen LogP contribution in [0.3, 0.4) is 0 Å². The van der Waals surface area contributed by atoms with E-state index in [1.807, 2.05) is 6.92 Å². The summed E-state index contributed by atoms with van der Waals surface area (Å²) in [6, 6.07) is 3.58. The first-order valence-electron chi connectivity index (χ1n) is 7.02. The largest absolute Gasteiger partial charge is 0.488 e. The molecule has 0 heterocycles. The van der Waals surface area contributed by atoms with E-state index in [4.69, 9.17) is 10.5 Å². The molecule has 0 fully saturated rings. The molecule has 1 unspecified atom stereocenters. The van der Waals surface area contributed by atoms with Gasteiger partial charge in [0, 0.05) is 0 Å². The minimum Gasteiger partial charge on any atom is -0.488 e. The van der Waals surface area contributed by atoms with Crippen LogP contribution in [0.1, 0.15) is 33.1 Å². The van der Waals surface area contributed by atoms with Crippen molar-refractivity contribution in [1.82, 2.24) is 5.32 Å². The van der Waals surface area contributed by atoms with Gasteiger partial charge in [-0.1, -0.05) is 13.0 Å². The molecular formula is C15H22F2N2O2. The van der Waals surface area contributed by atoms with Crippen LogP contribution >= 0.6 is 0 Å². The lowest BCUT2D eigenvalue weighted by Gasteiger charge is -2.26. The van der Waals surface area contributed by atoms with Gasteiger partial charge in [-0.15, -0.1) is 0 Å². The molecule has 0 aromatic heterocycles. The van der Waals surface area contributed by atoms with Gasteiger partial charge >= 0.3 is 0 Å². The number of benzene rings is 1. The van der Waals surface area contributed by atoms with Crippen LogP contribution in [0.4, 0.5) is 8.78 Å². The molecule has 1 rings (SSSR count). The van der Waals surface area contributed by atoms with Gasteiger partial charge in [-0.3, -0.25) is 4.79 Å². The predicted octanol–water partition coefficient (Wildman–Crippen LogP) is 2.37. The molecule has 0 saturated heterocycles. The molecular weight excluding hydrogens is 278 g/mol.